The third kappa shape index (κ3) is 5.33. The second kappa shape index (κ2) is 10.8. The number of hydrogen-bond acceptors (Lipinski definition) is 6. The summed E-state index contributed by atoms with van der Waals surface area (Å²) in [5.74, 6) is -2.27. The van der Waals surface area contributed by atoms with E-state index in [0.717, 1.165) is 12.1 Å². The maximum absolute atomic E-state index is 14.1. The molecule has 0 amide bonds. The van der Waals surface area contributed by atoms with Gasteiger partial charge in [0.05, 0.1) is 11.9 Å². The van der Waals surface area contributed by atoms with Crippen LogP contribution in [0.3, 0.4) is 0 Å². The Hall–Kier alpha value is -1.92. The number of halogens is 3. The number of imidazole rings is 1. The van der Waals surface area contributed by atoms with Gasteiger partial charge in [-0.3, -0.25) is 9.69 Å². The number of aromatic nitrogens is 2. The van der Waals surface area contributed by atoms with Gasteiger partial charge >= 0.3 is 0 Å². The maximum Gasteiger partial charge on any atom is 0.262 e. The van der Waals surface area contributed by atoms with E-state index in [-0.39, 0.29) is 29.4 Å². The molecular weight excluding hydrogens is 490 g/mol. The van der Waals surface area contributed by atoms with Gasteiger partial charge in [0.2, 0.25) is 0 Å². The van der Waals surface area contributed by atoms with E-state index in [1.54, 1.807) is 11.6 Å². The van der Waals surface area contributed by atoms with Gasteiger partial charge in [-0.1, -0.05) is 6.07 Å². The summed E-state index contributed by atoms with van der Waals surface area (Å²) in [6, 6.07) is 3.41. The molecule has 0 aliphatic carbocycles. The highest BCUT2D eigenvalue weighted by molar-refractivity contribution is 7.89. The number of carbonyl (C=O) groups is 1. The Kier molecular flexibility index (Phi) is 8.46. The van der Waals surface area contributed by atoms with Crippen molar-refractivity contribution in [2.75, 3.05) is 39.4 Å². The number of benzene rings is 1. The molecule has 188 valence electrons. The number of Topliss-reactive ketones (excluding diaryl/α,β-unsaturated/α-hetero) is 1. The average Bonchev–Trinajstić information content (AvgIpc) is 3.25. The molecule has 2 aromatic rings. The van der Waals surface area contributed by atoms with E-state index in [0.29, 0.717) is 58.7 Å². The molecule has 2 saturated heterocycles. The van der Waals surface area contributed by atoms with Crippen LogP contribution in [0.5, 0.6) is 0 Å². The number of aryl methyl sites for hydroxylation is 1. The van der Waals surface area contributed by atoms with Crippen molar-refractivity contribution in [3.63, 3.8) is 0 Å². The lowest BCUT2D eigenvalue weighted by molar-refractivity contribution is -0.0445. The molecule has 0 spiro atoms. The van der Waals surface area contributed by atoms with Gasteiger partial charge in [-0.15, -0.1) is 12.4 Å². The number of hydrogen-bond donors (Lipinski definition) is 0. The van der Waals surface area contributed by atoms with Crippen LogP contribution in [0.25, 0.3) is 0 Å². The van der Waals surface area contributed by atoms with Gasteiger partial charge in [0.15, 0.2) is 10.8 Å². The molecule has 0 N–H and O–H groups in total. The maximum atomic E-state index is 14.1. The van der Waals surface area contributed by atoms with Gasteiger partial charge in [0, 0.05) is 64.6 Å². The summed E-state index contributed by atoms with van der Waals surface area (Å²) in [5, 5.41) is 0.0248. The smallest absolute Gasteiger partial charge is 0.262 e. The Morgan fingerprint density at radius 1 is 1.12 bits per heavy atom. The monoisotopic (exact) mass is 518 g/mol. The van der Waals surface area contributed by atoms with Crippen LogP contribution >= 0.6 is 12.4 Å². The van der Waals surface area contributed by atoms with Crippen molar-refractivity contribution in [3.8, 4) is 0 Å². The standard InChI is InChI=1S/C22H28F2N4O4S.ClH/c1-26-15-20(25-16-26)33(30,31)28-11-9-27(10-12-28)22(7-13-32-14-8-22)6-5-19(29)21-17(23)3-2-4-18(21)24;/h2-4,15-16H,5-14H2,1H3;1H. The van der Waals surface area contributed by atoms with Crippen molar-refractivity contribution in [1.82, 2.24) is 18.8 Å². The summed E-state index contributed by atoms with van der Waals surface area (Å²) >= 11 is 0. The molecule has 2 aliphatic rings. The third-order valence-electron chi connectivity index (χ3n) is 6.68. The molecule has 34 heavy (non-hydrogen) atoms. The summed E-state index contributed by atoms with van der Waals surface area (Å²) in [4.78, 5) is 18.9. The topological polar surface area (TPSA) is 84.7 Å². The predicted molar refractivity (Wildman–Crippen MR) is 123 cm³/mol. The molecule has 0 atom stereocenters. The van der Waals surface area contributed by atoms with Crippen molar-refractivity contribution < 1.29 is 26.7 Å². The lowest BCUT2D eigenvalue weighted by atomic mass is 9.82. The molecule has 1 aromatic carbocycles. The van der Waals surface area contributed by atoms with Crippen LogP contribution in [0.15, 0.2) is 35.7 Å². The lowest BCUT2D eigenvalue weighted by Crippen LogP contribution is -2.59. The molecule has 4 rings (SSSR count). The fourth-order valence-electron chi connectivity index (χ4n) is 4.77. The highest BCUT2D eigenvalue weighted by atomic mass is 35.5. The lowest BCUT2D eigenvalue weighted by Gasteiger charge is -2.49. The van der Waals surface area contributed by atoms with Crippen LogP contribution in [0.4, 0.5) is 8.78 Å². The third-order valence-corrected chi connectivity index (χ3v) is 8.46. The van der Waals surface area contributed by atoms with Gasteiger partial charge in [0.1, 0.15) is 11.6 Å². The Labute approximate surface area is 204 Å². The van der Waals surface area contributed by atoms with Crippen LogP contribution < -0.4 is 0 Å². The Morgan fingerprint density at radius 3 is 2.29 bits per heavy atom. The first kappa shape index (κ1) is 26.7. The molecule has 0 unspecified atom stereocenters. The van der Waals surface area contributed by atoms with Gasteiger partial charge in [-0.05, 0) is 31.4 Å². The Balaban J connectivity index is 0.00000324. The highest BCUT2D eigenvalue weighted by Crippen LogP contribution is 2.35. The fourth-order valence-corrected chi connectivity index (χ4v) is 6.16. The minimum atomic E-state index is -3.67. The average molecular weight is 519 g/mol. The largest absolute Gasteiger partial charge is 0.381 e. The number of rotatable bonds is 7. The fraction of sp³-hybridized carbons (Fsp3) is 0.545. The first-order chi connectivity index (χ1) is 15.7. The first-order valence-electron chi connectivity index (χ1n) is 11.0. The zero-order valence-electron chi connectivity index (χ0n) is 19.0. The van der Waals surface area contributed by atoms with Crippen molar-refractivity contribution in [2.24, 2.45) is 7.05 Å². The summed E-state index contributed by atoms with van der Waals surface area (Å²) in [7, 11) is -1.96. The van der Waals surface area contributed by atoms with Crippen LogP contribution in [0.1, 0.15) is 36.0 Å². The zero-order valence-corrected chi connectivity index (χ0v) is 20.6. The molecule has 12 heteroatoms. The van der Waals surface area contributed by atoms with Crippen LogP contribution in [-0.2, 0) is 21.8 Å². The van der Waals surface area contributed by atoms with Crippen LogP contribution in [-0.4, -0.2) is 77.9 Å². The number of piperazine rings is 1. The van der Waals surface area contributed by atoms with Crippen molar-refractivity contribution in [3.05, 3.63) is 47.9 Å². The summed E-state index contributed by atoms with van der Waals surface area (Å²) < 4.78 is 62.4. The summed E-state index contributed by atoms with van der Waals surface area (Å²) in [6.07, 6.45) is 4.71. The van der Waals surface area contributed by atoms with Crippen molar-refractivity contribution in [2.45, 2.75) is 36.2 Å². The van der Waals surface area contributed by atoms with E-state index in [2.05, 4.69) is 9.88 Å². The number of ketones is 1. The normalized spacial score (nSPS) is 19.5. The van der Waals surface area contributed by atoms with Crippen LogP contribution in [0, 0.1) is 11.6 Å². The molecule has 1 aromatic heterocycles. The minimum absolute atomic E-state index is 0. The second-order valence-electron chi connectivity index (χ2n) is 8.63. The quantitative estimate of drug-likeness (QED) is 0.524. The second-order valence-corrected chi connectivity index (χ2v) is 10.5. The number of sulfonamides is 1. The van der Waals surface area contributed by atoms with Gasteiger partial charge in [-0.25, -0.2) is 22.2 Å². The Morgan fingerprint density at radius 2 is 1.74 bits per heavy atom. The van der Waals surface area contributed by atoms with E-state index in [1.165, 1.54) is 22.9 Å². The van der Waals surface area contributed by atoms with Crippen LogP contribution in [0.2, 0.25) is 0 Å². The van der Waals surface area contributed by atoms with Gasteiger partial charge in [0.25, 0.3) is 10.0 Å². The van der Waals surface area contributed by atoms with Crippen molar-refractivity contribution >= 4 is 28.2 Å². The van der Waals surface area contributed by atoms with E-state index < -0.39 is 33.0 Å². The summed E-state index contributed by atoms with van der Waals surface area (Å²) in [6.45, 7) is 2.64. The summed E-state index contributed by atoms with van der Waals surface area (Å²) in [5.41, 5.74) is -0.873. The van der Waals surface area contributed by atoms with Crippen molar-refractivity contribution in [1.29, 1.82) is 0 Å². The van der Waals surface area contributed by atoms with Gasteiger partial charge in [-0.2, -0.15) is 4.31 Å². The predicted octanol–water partition coefficient (Wildman–Crippen LogP) is 2.64. The van der Waals surface area contributed by atoms with Gasteiger partial charge < -0.3 is 9.30 Å². The van der Waals surface area contributed by atoms with E-state index in [1.807, 2.05) is 0 Å². The number of ether oxygens (including phenoxy) is 1. The first-order valence-corrected chi connectivity index (χ1v) is 12.5. The van der Waals surface area contributed by atoms with E-state index >= 15 is 0 Å². The van der Waals surface area contributed by atoms with E-state index in [9.17, 15) is 22.0 Å². The number of nitrogens with zero attached hydrogens (tertiary/aromatic N) is 4. The number of carbonyl (C=O) groups excluding carboxylic acids is 1. The molecular formula is C22H29ClF2N4O4S. The molecule has 0 saturated carbocycles. The highest BCUT2D eigenvalue weighted by Gasteiger charge is 2.42. The molecule has 2 fully saturated rings. The Bertz CT molecular complexity index is 1090. The minimum Gasteiger partial charge on any atom is -0.381 e. The molecule has 3 heterocycles. The molecule has 0 radical (unpaired) electrons. The zero-order chi connectivity index (χ0) is 23.6. The molecule has 2 aliphatic heterocycles. The molecule has 8 nitrogen and oxygen atoms in total. The van der Waals surface area contributed by atoms with E-state index in [4.69, 9.17) is 4.74 Å². The molecule has 0 bridgehead atoms. The SMILES string of the molecule is Cl.Cn1cnc(S(=O)(=O)N2CCN(C3(CCC(=O)c4c(F)cccc4F)CCOCC3)CC2)c1.